The largest absolute Gasteiger partial charge is 0.417 e. The van der Waals surface area contributed by atoms with Crippen LogP contribution >= 0.6 is 12.2 Å². The lowest BCUT2D eigenvalue weighted by molar-refractivity contribution is -0.137. The number of hydrogen-bond donors (Lipinski definition) is 1. The summed E-state index contributed by atoms with van der Waals surface area (Å²) in [6, 6.07) is 2.50. The second-order valence-electron chi connectivity index (χ2n) is 6.20. The molecule has 0 aliphatic carbocycles. The summed E-state index contributed by atoms with van der Waals surface area (Å²) >= 11 is 5.42. The lowest BCUT2D eigenvalue weighted by atomic mass is 10.2. The van der Waals surface area contributed by atoms with Crippen molar-refractivity contribution in [3.05, 3.63) is 23.9 Å². The number of alkyl halides is 3. The molecule has 1 N–H and O–H groups in total. The molecule has 2 aliphatic rings. The molecule has 9 heteroatoms. The van der Waals surface area contributed by atoms with Gasteiger partial charge in [0, 0.05) is 45.5 Å². The van der Waals surface area contributed by atoms with Crippen LogP contribution in [0.5, 0.6) is 0 Å². The minimum Gasteiger partial charge on any atom is -0.376 e. The fourth-order valence-corrected chi connectivity index (χ4v) is 3.26. The van der Waals surface area contributed by atoms with Crippen molar-refractivity contribution in [1.82, 2.24) is 15.2 Å². The first-order valence-electron chi connectivity index (χ1n) is 8.36. The molecule has 2 saturated heterocycles. The number of hydrogen-bond acceptors (Lipinski definition) is 4. The molecule has 1 aromatic heterocycles. The highest BCUT2D eigenvalue weighted by atomic mass is 32.1. The summed E-state index contributed by atoms with van der Waals surface area (Å²) in [5.41, 5.74) is -0.727. The Bertz CT molecular complexity index is 582. The molecule has 0 saturated carbocycles. The van der Waals surface area contributed by atoms with Crippen LogP contribution in [-0.4, -0.2) is 60.4 Å². The summed E-state index contributed by atoms with van der Waals surface area (Å²) < 4.78 is 43.3. The zero-order chi connectivity index (χ0) is 17.9. The maximum Gasteiger partial charge on any atom is 0.417 e. The van der Waals surface area contributed by atoms with E-state index in [0.29, 0.717) is 37.1 Å². The minimum atomic E-state index is -4.36. The van der Waals surface area contributed by atoms with E-state index in [0.717, 1.165) is 38.3 Å². The number of thiocarbonyl (C=S) groups is 1. The molecule has 1 aromatic rings. The molecule has 0 radical (unpaired) electrons. The number of ether oxygens (including phenoxy) is 1. The highest BCUT2D eigenvalue weighted by Crippen LogP contribution is 2.29. The Morgan fingerprint density at radius 2 is 2.04 bits per heavy atom. The van der Waals surface area contributed by atoms with Crippen LogP contribution in [-0.2, 0) is 10.9 Å². The molecule has 25 heavy (non-hydrogen) atoms. The van der Waals surface area contributed by atoms with Crippen molar-refractivity contribution in [3.8, 4) is 0 Å². The number of anilines is 1. The molecule has 0 amide bonds. The molecule has 5 nitrogen and oxygen atoms in total. The Labute approximate surface area is 150 Å². The van der Waals surface area contributed by atoms with Crippen LogP contribution < -0.4 is 10.2 Å². The molecule has 0 aromatic carbocycles. The molecule has 1 atom stereocenters. The number of halogens is 3. The first-order valence-corrected chi connectivity index (χ1v) is 8.77. The number of rotatable bonds is 3. The van der Waals surface area contributed by atoms with Gasteiger partial charge in [-0.3, -0.25) is 0 Å². The average molecular weight is 374 g/mol. The van der Waals surface area contributed by atoms with Crippen molar-refractivity contribution in [1.29, 1.82) is 0 Å². The molecule has 1 unspecified atom stereocenters. The molecule has 2 aliphatic heterocycles. The van der Waals surface area contributed by atoms with Gasteiger partial charge in [-0.2, -0.15) is 13.2 Å². The smallest absolute Gasteiger partial charge is 0.376 e. The van der Waals surface area contributed by atoms with E-state index in [1.54, 1.807) is 0 Å². The third-order valence-electron chi connectivity index (χ3n) is 4.47. The van der Waals surface area contributed by atoms with E-state index < -0.39 is 11.7 Å². The third-order valence-corrected chi connectivity index (χ3v) is 4.87. The van der Waals surface area contributed by atoms with Crippen molar-refractivity contribution < 1.29 is 17.9 Å². The van der Waals surface area contributed by atoms with E-state index >= 15 is 0 Å². The fourth-order valence-electron chi connectivity index (χ4n) is 3.00. The van der Waals surface area contributed by atoms with Crippen LogP contribution in [0, 0.1) is 0 Å². The summed E-state index contributed by atoms with van der Waals surface area (Å²) in [7, 11) is 0. The predicted octanol–water partition coefficient (Wildman–Crippen LogP) is 2.28. The highest BCUT2D eigenvalue weighted by molar-refractivity contribution is 7.80. The Morgan fingerprint density at radius 1 is 1.28 bits per heavy atom. The van der Waals surface area contributed by atoms with Crippen molar-refractivity contribution in [3.63, 3.8) is 0 Å². The van der Waals surface area contributed by atoms with Crippen LogP contribution in [0.2, 0.25) is 0 Å². The SMILES string of the molecule is FC(F)(F)c1ccc(N2CCN(C(=S)NCC3CCCO3)CC2)nc1. The Kier molecular flexibility index (Phi) is 5.63. The van der Waals surface area contributed by atoms with Gasteiger partial charge in [0.2, 0.25) is 0 Å². The van der Waals surface area contributed by atoms with Gasteiger partial charge >= 0.3 is 6.18 Å². The summed E-state index contributed by atoms with van der Waals surface area (Å²) in [4.78, 5) is 8.00. The summed E-state index contributed by atoms with van der Waals surface area (Å²) in [6.07, 6.45) is -1.09. The molecular formula is C16H21F3N4OS. The average Bonchev–Trinajstić information content (AvgIpc) is 3.13. The van der Waals surface area contributed by atoms with Gasteiger partial charge in [-0.25, -0.2) is 4.98 Å². The summed E-state index contributed by atoms with van der Waals surface area (Å²) in [6.45, 7) is 4.29. The molecule has 3 rings (SSSR count). The third kappa shape index (κ3) is 4.72. The maximum atomic E-state index is 12.6. The first kappa shape index (κ1) is 18.2. The zero-order valence-electron chi connectivity index (χ0n) is 13.8. The quantitative estimate of drug-likeness (QED) is 0.819. The standard InChI is InChI=1S/C16H21F3N4OS/c17-16(18,19)12-3-4-14(20-10-12)22-5-7-23(8-6-22)15(25)21-11-13-2-1-9-24-13/h3-4,10,13H,1-2,5-9,11H2,(H,21,25). The monoisotopic (exact) mass is 374 g/mol. The highest BCUT2D eigenvalue weighted by Gasteiger charge is 2.31. The molecular weight excluding hydrogens is 353 g/mol. The molecule has 138 valence electrons. The second kappa shape index (κ2) is 7.74. The molecule has 2 fully saturated rings. The van der Waals surface area contributed by atoms with Crippen molar-refractivity contribution >= 4 is 23.1 Å². The van der Waals surface area contributed by atoms with E-state index in [4.69, 9.17) is 17.0 Å². The van der Waals surface area contributed by atoms with Gasteiger partial charge in [0.25, 0.3) is 0 Å². The molecule has 0 spiro atoms. The number of piperazine rings is 1. The number of nitrogens with one attached hydrogen (secondary N) is 1. The maximum absolute atomic E-state index is 12.6. The van der Waals surface area contributed by atoms with Crippen molar-refractivity contribution in [2.24, 2.45) is 0 Å². The van der Waals surface area contributed by atoms with Crippen molar-refractivity contribution in [2.45, 2.75) is 25.1 Å². The van der Waals surface area contributed by atoms with E-state index in [1.807, 2.05) is 4.90 Å². The first-order chi connectivity index (χ1) is 11.9. The van der Waals surface area contributed by atoms with Crippen LogP contribution in [0.3, 0.4) is 0 Å². The summed E-state index contributed by atoms with van der Waals surface area (Å²) in [5.74, 6) is 0.561. The number of pyridine rings is 1. The normalized spacial score (nSPS) is 21.5. The van der Waals surface area contributed by atoms with Crippen LogP contribution in [0.15, 0.2) is 18.3 Å². The van der Waals surface area contributed by atoms with E-state index in [2.05, 4.69) is 15.2 Å². The zero-order valence-corrected chi connectivity index (χ0v) is 14.6. The molecule has 0 bridgehead atoms. The second-order valence-corrected chi connectivity index (χ2v) is 6.58. The van der Waals surface area contributed by atoms with Gasteiger partial charge in [-0.1, -0.05) is 0 Å². The number of nitrogens with zero attached hydrogens (tertiary/aromatic N) is 3. The van der Waals surface area contributed by atoms with Gasteiger partial charge in [-0.05, 0) is 37.2 Å². The van der Waals surface area contributed by atoms with Crippen LogP contribution in [0.1, 0.15) is 18.4 Å². The number of aromatic nitrogens is 1. The van der Waals surface area contributed by atoms with Gasteiger partial charge in [-0.15, -0.1) is 0 Å². The lowest BCUT2D eigenvalue weighted by Crippen LogP contribution is -2.52. The summed E-state index contributed by atoms with van der Waals surface area (Å²) in [5, 5.41) is 3.95. The van der Waals surface area contributed by atoms with E-state index in [1.165, 1.54) is 6.07 Å². The van der Waals surface area contributed by atoms with Crippen LogP contribution in [0.25, 0.3) is 0 Å². The van der Waals surface area contributed by atoms with Crippen molar-refractivity contribution in [2.75, 3.05) is 44.2 Å². The Hall–Kier alpha value is -1.61. The van der Waals surface area contributed by atoms with Gasteiger partial charge in [0.1, 0.15) is 5.82 Å². The molecule has 3 heterocycles. The van der Waals surface area contributed by atoms with Crippen LogP contribution in [0.4, 0.5) is 19.0 Å². The Balaban J connectivity index is 1.47. The van der Waals surface area contributed by atoms with E-state index in [9.17, 15) is 13.2 Å². The fraction of sp³-hybridized carbons (Fsp3) is 0.625. The van der Waals surface area contributed by atoms with Gasteiger partial charge < -0.3 is 19.9 Å². The minimum absolute atomic E-state index is 0.232. The van der Waals surface area contributed by atoms with Gasteiger partial charge in [0.05, 0.1) is 11.7 Å². The predicted molar refractivity (Wildman–Crippen MR) is 92.6 cm³/mol. The Morgan fingerprint density at radius 3 is 2.60 bits per heavy atom. The van der Waals surface area contributed by atoms with E-state index in [-0.39, 0.29) is 6.10 Å². The topological polar surface area (TPSA) is 40.6 Å². The lowest BCUT2D eigenvalue weighted by Gasteiger charge is -2.37. The van der Waals surface area contributed by atoms with Gasteiger partial charge in [0.15, 0.2) is 5.11 Å².